The van der Waals surface area contributed by atoms with Crippen LogP contribution >= 0.6 is 0 Å². The molecule has 244 valence electrons. The molecule has 0 N–H and O–H groups in total. The maximum atomic E-state index is 6.66. The number of benzene rings is 9. The van der Waals surface area contributed by atoms with E-state index < -0.39 is 0 Å². The summed E-state index contributed by atoms with van der Waals surface area (Å²) in [4.78, 5) is 2.35. The monoisotopic (exact) mass is 663 g/mol. The molecule has 2 heteroatoms. The van der Waals surface area contributed by atoms with E-state index >= 15 is 0 Å². The number of anilines is 3. The van der Waals surface area contributed by atoms with Gasteiger partial charge >= 0.3 is 0 Å². The summed E-state index contributed by atoms with van der Waals surface area (Å²) in [7, 11) is 0. The molecule has 0 saturated heterocycles. The molecule has 0 bridgehead atoms. The molecule has 0 fully saturated rings. The van der Waals surface area contributed by atoms with Gasteiger partial charge in [0, 0.05) is 38.8 Å². The zero-order valence-electron chi connectivity index (χ0n) is 28.4. The molecule has 0 aliphatic heterocycles. The Morgan fingerprint density at radius 3 is 1.54 bits per heavy atom. The first-order valence-corrected chi connectivity index (χ1v) is 17.8. The second-order valence-electron chi connectivity index (χ2n) is 13.3. The minimum Gasteiger partial charge on any atom is -0.455 e. The van der Waals surface area contributed by atoms with E-state index in [4.69, 9.17) is 4.42 Å². The molecule has 0 unspecified atom stereocenters. The maximum Gasteiger partial charge on any atom is 0.143 e. The van der Waals surface area contributed by atoms with Crippen molar-refractivity contribution < 1.29 is 4.42 Å². The largest absolute Gasteiger partial charge is 0.455 e. The van der Waals surface area contributed by atoms with Crippen LogP contribution in [0.25, 0.3) is 76.9 Å². The highest BCUT2D eigenvalue weighted by atomic mass is 16.3. The topological polar surface area (TPSA) is 16.4 Å². The van der Waals surface area contributed by atoms with E-state index in [0.717, 1.165) is 50.0 Å². The van der Waals surface area contributed by atoms with E-state index in [1.54, 1.807) is 0 Å². The molecule has 1 heterocycles. The molecule has 0 atom stereocenters. The first kappa shape index (κ1) is 30.0. The Morgan fingerprint density at radius 1 is 0.327 bits per heavy atom. The molecule has 1 aromatic heterocycles. The predicted molar refractivity (Wildman–Crippen MR) is 220 cm³/mol. The summed E-state index contributed by atoms with van der Waals surface area (Å²) in [5, 5.41) is 6.99. The van der Waals surface area contributed by atoms with Gasteiger partial charge in [0.2, 0.25) is 0 Å². The number of nitrogens with zero attached hydrogens (tertiary/aromatic N) is 1. The predicted octanol–water partition coefficient (Wildman–Crippen LogP) is 14.4. The molecule has 0 amide bonds. The fourth-order valence-electron chi connectivity index (χ4n) is 7.81. The molecular weight excluding hydrogens is 631 g/mol. The van der Waals surface area contributed by atoms with Crippen LogP contribution in [-0.2, 0) is 0 Å². The van der Waals surface area contributed by atoms with Crippen LogP contribution in [0.4, 0.5) is 17.1 Å². The van der Waals surface area contributed by atoms with Crippen molar-refractivity contribution in [2.24, 2.45) is 0 Å². The van der Waals surface area contributed by atoms with E-state index in [-0.39, 0.29) is 0 Å². The summed E-state index contributed by atoms with van der Waals surface area (Å²) in [5.41, 5.74) is 12.2. The number of hydrogen-bond acceptors (Lipinski definition) is 2. The first-order valence-electron chi connectivity index (χ1n) is 17.8. The lowest BCUT2D eigenvalue weighted by Crippen LogP contribution is -2.09. The molecule has 0 radical (unpaired) electrons. The summed E-state index contributed by atoms with van der Waals surface area (Å²) in [6, 6.07) is 71.6. The standard InChI is InChI=1S/C50H33NO/c1-3-13-34(14-4-1)36-23-28-40(29-24-36)51(42-32-25-35-15-7-8-18-39(35)33-42)41-30-26-38(27-31-41)48-47(37-16-5-2-6-17-37)43-19-9-10-20-44(43)50-49(48)45-21-11-12-22-46(45)52-50/h1-33H. The Balaban J connectivity index is 1.18. The van der Waals surface area contributed by atoms with Gasteiger partial charge in [-0.25, -0.2) is 0 Å². The Kier molecular flexibility index (Phi) is 7.18. The molecular formula is C50H33NO. The van der Waals surface area contributed by atoms with Gasteiger partial charge in [-0.3, -0.25) is 0 Å². The highest BCUT2D eigenvalue weighted by Crippen LogP contribution is 2.48. The van der Waals surface area contributed by atoms with Crippen molar-refractivity contribution in [3.63, 3.8) is 0 Å². The summed E-state index contributed by atoms with van der Waals surface area (Å²) in [6.45, 7) is 0. The van der Waals surface area contributed by atoms with Crippen LogP contribution in [0.1, 0.15) is 0 Å². The van der Waals surface area contributed by atoms with Gasteiger partial charge in [0.1, 0.15) is 11.2 Å². The molecule has 2 nitrogen and oxygen atoms in total. The van der Waals surface area contributed by atoms with E-state index in [1.807, 2.05) is 6.07 Å². The van der Waals surface area contributed by atoms with Crippen LogP contribution in [0.15, 0.2) is 205 Å². The Bertz CT molecular complexity index is 2870. The van der Waals surface area contributed by atoms with Gasteiger partial charge in [-0.05, 0) is 86.4 Å². The molecule has 0 saturated carbocycles. The van der Waals surface area contributed by atoms with Gasteiger partial charge in [-0.1, -0.05) is 158 Å². The number of para-hydroxylation sites is 1. The van der Waals surface area contributed by atoms with Gasteiger partial charge < -0.3 is 9.32 Å². The zero-order valence-corrected chi connectivity index (χ0v) is 28.4. The third-order valence-electron chi connectivity index (χ3n) is 10.2. The fourth-order valence-corrected chi connectivity index (χ4v) is 7.81. The minimum absolute atomic E-state index is 0.896. The fraction of sp³-hybridized carbons (Fsp3) is 0. The summed E-state index contributed by atoms with van der Waals surface area (Å²) in [6.07, 6.45) is 0. The highest BCUT2D eigenvalue weighted by molar-refractivity contribution is 6.26. The quantitative estimate of drug-likeness (QED) is 0.176. The molecule has 10 aromatic rings. The molecule has 0 spiro atoms. The van der Waals surface area contributed by atoms with E-state index in [1.165, 1.54) is 44.0 Å². The SMILES string of the molecule is c1ccc(-c2ccc(N(c3ccc(-c4c(-c5ccccc5)c5ccccc5c5oc6ccccc6c45)cc3)c3ccc4ccccc4c3)cc2)cc1. The first-order chi connectivity index (χ1) is 25.8. The average molecular weight is 664 g/mol. The van der Waals surface area contributed by atoms with Gasteiger partial charge in [0.15, 0.2) is 0 Å². The van der Waals surface area contributed by atoms with Crippen molar-refractivity contribution in [1.82, 2.24) is 0 Å². The number of hydrogen-bond donors (Lipinski definition) is 0. The number of rotatable bonds is 6. The number of furan rings is 1. The number of fused-ring (bicyclic) bond motifs is 6. The van der Waals surface area contributed by atoms with Crippen LogP contribution in [0.2, 0.25) is 0 Å². The average Bonchev–Trinajstić information content (AvgIpc) is 3.61. The molecule has 52 heavy (non-hydrogen) atoms. The molecule has 9 aromatic carbocycles. The van der Waals surface area contributed by atoms with E-state index in [2.05, 4.69) is 199 Å². The van der Waals surface area contributed by atoms with E-state index in [9.17, 15) is 0 Å². The van der Waals surface area contributed by atoms with Crippen molar-refractivity contribution in [2.75, 3.05) is 4.90 Å². The molecule has 0 aliphatic rings. The third-order valence-corrected chi connectivity index (χ3v) is 10.2. The lowest BCUT2D eigenvalue weighted by Gasteiger charge is -2.26. The van der Waals surface area contributed by atoms with Crippen LogP contribution in [0, 0.1) is 0 Å². The van der Waals surface area contributed by atoms with Crippen molar-refractivity contribution in [3.8, 4) is 33.4 Å². The Labute approximate surface area is 302 Å². The van der Waals surface area contributed by atoms with Crippen LogP contribution in [-0.4, -0.2) is 0 Å². The lowest BCUT2D eigenvalue weighted by atomic mass is 9.86. The van der Waals surface area contributed by atoms with Gasteiger partial charge in [-0.15, -0.1) is 0 Å². The lowest BCUT2D eigenvalue weighted by molar-refractivity contribution is 0.673. The zero-order chi connectivity index (χ0) is 34.4. The highest BCUT2D eigenvalue weighted by Gasteiger charge is 2.23. The van der Waals surface area contributed by atoms with E-state index in [0.29, 0.717) is 0 Å². The smallest absolute Gasteiger partial charge is 0.143 e. The van der Waals surface area contributed by atoms with Gasteiger partial charge in [0.25, 0.3) is 0 Å². The summed E-state index contributed by atoms with van der Waals surface area (Å²) in [5.74, 6) is 0. The maximum absolute atomic E-state index is 6.66. The third kappa shape index (κ3) is 5.04. The molecule has 10 rings (SSSR count). The van der Waals surface area contributed by atoms with Crippen molar-refractivity contribution in [3.05, 3.63) is 200 Å². The Hall–Kier alpha value is -6.90. The van der Waals surface area contributed by atoms with Crippen molar-refractivity contribution in [1.29, 1.82) is 0 Å². The minimum atomic E-state index is 0.896. The van der Waals surface area contributed by atoms with Crippen molar-refractivity contribution >= 4 is 60.5 Å². The Morgan fingerprint density at radius 2 is 0.827 bits per heavy atom. The summed E-state index contributed by atoms with van der Waals surface area (Å²) >= 11 is 0. The van der Waals surface area contributed by atoms with Crippen LogP contribution < -0.4 is 4.90 Å². The van der Waals surface area contributed by atoms with Crippen LogP contribution in [0.5, 0.6) is 0 Å². The van der Waals surface area contributed by atoms with Gasteiger partial charge in [0.05, 0.1) is 0 Å². The summed E-state index contributed by atoms with van der Waals surface area (Å²) < 4.78 is 6.66. The van der Waals surface area contributed by atoms with Gasteiger partial charge in [-0.2, -0.15) is 0 Å². The van der Waals surface area contributed by atoms with Crippen LogP contribution in [0.3, 0.4) is 0 Å². The normalized spacial score (nSPS) is 11.5. The van der Waals surface area contributed by atoms with Crippen molar-refractivity contribution in [2.45, 2.75) is 0 Å². The second-order valence-corrected chi connectivity index (χ2v) is 13.3. The molecule has 0 aliphatic carbocycles. The second kappa shape index (κ2) is 12.5.